The van der Waals surface area contributed by atoms with Crippen molar-refractivity contribution in [2.24, 2.45) is 0 Å². The lowest BCUT2D eigenvalue weighted by molar-refractivity contribution is -0.122. The summed E-state index contributed by atoms with van der Waals surface area (Å²) in [7, 11) is 0. The fourth-order valence-electron chi connectivity index (χ4n) is 1.54. The summed E-state index contributed by atoms with van der Waals surface area (Å²) >= 11 is 1.64. The average molecular weight is 233 g/mol. The second kappa shape index (κ2) is 5.72. The number of thioether (sulfide) groups is 1. The maximum absolute atomic E-state index is 11.3. The van der Waals surface area contributed by atoms with Crippen LogP contribution in [-0.2, 0) is 9.53 Å². The molecule has 88 valence electrons. The van der Waals surface area contributed by atoms with Crippen LogP contribution < -0.4 is 5.32 Å². The minimum absolute atomic E-state index is 0.00289. The zero-order valence-electron chi connectivity index (χ0n) is 9.28. The van der Waals surface area contributed by atoms with Crippen LogP contribution in [0.2, 0.25) is 0 Å². The van der Waals surface area contributed by atoms with E-state index in [1.165, 1.54) is 0 Å². The molecule has 1 saturated heterocycles. The van der Waals surface area contributed by atoms with Crippen LogP contribution in [0.25, 0.3) is 0 Å². The largest absolute Gasteiger partial charge is 0.385 e. The van der Waals surface area contributed by atoms with E-state index in [4.69, 9.17) is 4.74 Å². The smallest absolute Gasteiger partial charge is 0.220 e. The van der Waals surface area contributed by atoms with E-state index in [0.29, 0.717) is 26.0 Å². The summed E-state index contributed by atoms with van der Waals surface area (Å²) in [6.07, 6.45) is 2.87. The predicted octanol–water partition coefficient (Wildman–Crippen LogP) is 0.396. The van der Waals surface area contributed by atoms with Gasteiger partial charge in [-0.05, 0) is 13.2 Å². The fraction of sp³-hybridized carbons (Fsp3) is 0.900. The molecule has 1 aliphatic rings. The van der Waals surface area contributed by atoms with Crippen molar-refractivity contribution in [1.29, 1.82) is 0 Å². The molecule has 0 aromatic heterocycles. The van der Waals surface area contributed by atoms with Crippen LogP contribution in [-0.4, -0.2) is 47.9 Å². The molecule has 0 radical (unpaired) electrons. The molecular weight excluding hydrogens is 214 g/mol. The number of rotatable bonds is 5. The van der Waals surface area contributed by atoms with Crippen molar-refractivity contribution in [3.63, 3.8) is 0 Å². The summed E-state index contributed by atoms with van der Waals surface area (Å²) in [5, 5.41) is 12.8. The third-order valence-electron chi connectivity index (χ3n) is 2.78. The van der Waals surface area contributed by atoms with Crippen molar-refractivity contribution >= 4 is 17.7 Å². The van der Waals surface area contributed by atoms with Gasteiger partial charge in [-0.25, -0.2) is 0 Å². The van der Waals surface area contributed by atoms with Crippen molar-refractivity contribution in [3.05, 3.63) is 0 Å². The molecule has 4 nitrogen and oxygen atoms in total. The molecule has 2 unspecified atom stereocenters. The van der Waals surface area contributed by atoms with Crippen LogP contribution in [0.3, 0.4) is 0 Å². The summed E-state index contributed by atoms with van der Waals surface area (Å²) in [4.78, 5) is 11.3. The molecule has 1 fully saturated rings. The quantitative estimate of drug-likeness (QED) is 0.721. The first-order valence-electron chi connectivity index (χ1n) is 5.18. The predicted molar refractivity (Wildman–Crippen MR) is 61.0 cm³/mol. The third-order valence-corrected chi connectivity index (χ3v) is 3.40. The van der Waals surface area contributed by atoms with Crippen LogP contribution >= 0.6 is 11.8 Å². The Morgan fingerprint density at radius 2 is 2.47 bits per heavy atom. The van der Waals surface area contributed by atoms with Gasteiger partial charge in [0.1, 0.15) is 5.60 Å². The first-order chi connectivity index (χ1) is 7.08. The van der Waals surface area contributed by atoms with E-state index >= 15 is 0 Å². The molecule has 0 aliphatic carbocycles. The Hall–Kier alpha value is -0.260. The normalized spacial score (nSPS) is 30.5. The van der Waals surface area contributed by atoms with Crippen LogP contribution in [0, 0.1) is 0 Å². The molecule has 2 N–H and O–H groups in total. The first-order valence-corrected chi connectivity index (χ1v) is 6.57. The number of hydrogen-bond acceptors (Lipinski definition) is 4. The summed E-state index contributed by atoms with van der Waals surface area (Å²) in [5.41, 5.74) is -0.880. The highest BCUT2D eigenvalue weighted by molar-refractivity contribution is 7.98. The maximum Gasteiger partial charge on any atom is 0.220 e. The van der Waals surface area contributed by atoms with Gasteiger partial charge in [-0.15, -0.1) is 0 Å². The van der Waals surface area contributed by atoms with E-state index in [9.17, 15) is 9.90 Å². The summed E-state index contributed by atoms with van der Waals surface area (Å²) in [5.74, 6) is 0.813. The molecule has 1 aliphatic heterocycles. The van der Waals surface area contributed by atoms with Crippen molar-refractivity contribution in [1.82, 2.24) is 5.32 Å². The molecule has 0 saturated carbocycles. The Kier molecular flexibility index (Phi) is 4.89. The SMILES string of the molecule is CSCCC(=O)NCC1(O)CCOC1C. The zero-order valence-corrected chi connectivity index (χ0v) is 10.1. The lowest BCUT2D eigenvalue weighted by atomic mass is 9.97. The Labute approximate surface area is 94.8 Å². The van der Waals surface area contributed by atoms with Gasteiger partial charge < -0.3 is 15.2 Å². The molecule has 0 aromatic carbocycles. The summed E-state index contributed by atoms with van der Waals surface area (Å²) in [6.45, 7) is 2.70. The Morgan fingerprint density at radius 1 is 1.73 bits per heavy atom. The van der Waals surface area contributed by atoms with Gasteiger partial charge >= 0.3 is 0 Å². The lowest BCUT2D eigenvalue weighted by Gasteiger charge is -2.26. The molecule has 15 heavy (non-hydrogen) atoms. The minimum Gasteiger partial charge on any atom is -0.385 e. The van der Waals surface area contributed by atoms with Crippen molar-refractivity contribution in [2.45, 2.75) is 31.5 Å². The zero-order chi connectivity index (χ0) is 11.3. The van der Waals surface area contributed by atoms with Gasteiger partial charge in [0.2, 0.25) is 5.91 Å². The Morgan fingerprint density at radius 3 is 3.00 bits per heavy atom. The Balaban J connectivity index is 2.26. The Bertz CT molecular complexity index is 225. The molecule has 0 spiro atoms. The van der Waals surface area contributed by atoms with Gasteiger partial charge in [-0.1, -0.05) is 0 Å². The van der Waals surface area contributed by atoms with E-state index in [0.717, 1.165) is 5.75 Å². The number of amides is 1. The van der Waals surface area contributed by atoms with Gasteiger partial charge in [0.15, 0.2) is 0 Å². The van der Waals surface area contributed by atoms with E-state index in [1.807, 2.05) is 13.2 Å². The second-order valence-corrected chi connectivity index (χ2v) is 4.87. The van der Waals surface area contributed by atoms with Gasteiger partial charge in [-0.3, -0.25) is 4.79 Å². The topological polar surface area (TPSA) is 58.6 Å². The standard InChI is InChI=1S/C10H19NO3S/c1-8-10(13,4-5-14-8)7-11-9(12)3-6-15-2/h8,13H,3-7H2,1-2H3,(H,11,12). The fourth-order valence-corrected chi connectivity index (χ4v) is 1.93. The van der Waals surface area contributed by atoms with E-state index in [1.54, 1.807) is 11.8 Å². The minimum atomic E-state index is -0.880. The third kappa shape index (κ3) is 3.66. The molecule has 1 rings (SSSR count). The molecule has 1 amide bonds. The van der Waals surface area contributed by atoms with Gasteiger partial charge in [0, 0.05) is 31.7 Å². The summed E-state index contributed by atoms with van der Waals surface area (Å²) < 4.78 is 5.28. The highest BCUT2D eigenvalue weighted by Crippen LogP contribution is 2.24. The van der Waals surface area contributed by atoms with E-state index in [-0.39, 0.29) is 12.0 Å². The van der Waals surface area contributed by atoms with E-state index in [2.05, 4.69) is 5.32 Å². The van der Waals surface area contributed by atoms with Gasteiger partial charge in [-0.2, -0.15) is 11.8 Å². The van der Waals surface area contributed by atoms with Gasteiger partial charge in [0.05, 0.1) is 6.10 Å². The molecular formula is C10H19NO3S. The van der Waals surface area contributed by atoms with Crippen molar-refractivity contribution in [3.8, 4) is 0 Å². The highest BCUT2D eigenvalue weighted by Gasteiger charge is 2.39. The van der Waals surface area contributed by atoms with Gasteiger partial charge in [0.25, 0.3) is 0 Å². The van der Waals surface area contributed by atoms with Crippen molar-refractivity contribution < 1.29 is 14.6 Å². The number of ether oxygens (including phenoxy) is 1. The molecule has 5 heteroatoms. The monoisotopic (exact) mass is 233 g/mol. The lowest BCUT2D eigenvalue weighted by Crippen LogP contribution is -2.47. The van der Waals surface area contributed by atoms with Crippen LogP contribution in [0.15, 0.2) is 0 Å². The number of nitrogens with one attached hydrogen (secondary N) is 1. The number of carbonyl (C=O) groups excluding carboxylic acids is 1. The first kappa shape index (κ1) is 12.8. The average Bonchev–Trinajstić information content (AvgIpc) is 2.54. The molecule has 2 atom stereocenters. The number of aliphatic hydroxyl groups is 1. The van der Waals surface area contributed by atoms with Crippen LogP contribution in [0.4, 0.5) is 0 Å². The van der Waals surface area contributed by atoms with Crippen LogP contribution in [0.1, 0.15) is 19.8 Å². The summed E-state index contributed by atoms with van der Waals surface area (Å²) in [6, 6.07) is 0. The number of carbonyl (C=O) groups is 1. The van der Waals surface area contributed by atoms with Crippen molar-refractivity contribution in [2.75, 3.05) is 25.2 Å². The maximum atomic E-state index is 11.3. The molecule has 0 bridgehead atoms. The van der Waals surface area contributed by atoms with Crippen LogP contribution in [0.5, 0.6) is 0 Å². The highest BCUT2D eigenvalue weighted by atomic mass is 32.2. The number of hydrogen-bond donors (Lipinski definition) is 2. The second-order valence-electron chi connectivity index (χ2n) is 3.89. The molecule has 1 heterocycles. The molecule has 0 aromatic rings. The van der Waals surface area contributed by atoms with E-state index < -0.39 is 5.60 Å².